The van der Waals surface area contributed by atoms with Crippen molar-refractivity contribution >= 4 is 5.97 Å². The smallest absolute Gasteiger partial charge is 0.341 e. The van der Waals surface area contributed by atoms with Gasteiger partial charge in [-0.3, -0.25) is 4.98 Å². The van der Waals surface area contributed by atoms with Crippen molar-refractivity contribution in [2.24, 2.45) is 0 Å². The predicted octanol–water partition coefficient (Wildman–Crippen LogP) is 2.15. The molecule has 1 aromatic heterocycles. The molecule has 1 aliphatic heterocycles. The molecule has 0 aromatic carbocycles. The maximum Gasteiger partial charge on any atom is 0.341 e. The van der Waals surface area contributed by atoms with Crippen molar-refractivity contribution in [3.05, 3.63) is 29.6 Å². The lowest BCUT2D eigenvalue weighted by Crippen LogP contribution is -2.29. The van der Waals surface area contributed by atoms with Gasteiger partial charge in [0, 0.05) is 12.3 Å². The van der Waals surface area contributed by atoms with E-state index in [9.17, 15) is 4.79 Å². The third-order valence-corrected chi connectivity index (χ3v) is 3.02. The first-order chi connectivity index (χ1) is 9.20. The van der Waals surface area contributed by atoms with Gasteiger partial charge in [-0.05, 0) is 38.3 Å². The van der Waals surface area contributed by atoms with Crippen molar-refractivity contribution in [2.45, 2.75) is 38.6 Å². The van der Waals surface area contributed by atoms with Gasteiger partial charge in [-0.25, -0.2) is 4.79 Å². The van der Waals surface area contributed by atoms with Gasteiger partial charge in [0.1, 0.15) is 0 Å². The second-order valence-corrected chi connectivity index (χ2v) is 4.54. The summed E-state index contributed by atoms with van der Waals surface area (Å²) in [5.41, 5.74) is 1.39. The van der Waals surface area contributed by atoms with E-state index < -0.39 is 12.1 Å². The van der Waals surface area contributed by atoms with Gasteiger partial charge in [-0.2, -0.15) is 0 Å². The highest BCUT2D eigenvalue weighted by atomic mass is 16.7. The summed E-state index contributed by atoms with van der Waals surface area (Å²) in [7, 11) is 1.34. The minimum absolute atomic E-state index is 0.361. The number of carbonyl (C=O) groups excluding carboxylic acids is 1. The SMILES string of the molecule is COC(=O)C(OC1CCCCO1)c1cccc(C)n1. The maximum atomic E-state index is 11.9. The summed E-state index contributed by atoms with van der Waals surface area (Å²) in [6.07, 6.45) is 1.68. The standard InChI is InChI=1S/C14H19NO4/c1-10-6-5-7-11(15-10)13(14(16)17-2)19-12-8-3-4-9-18-12/h5-7,12-13H,3-4,8-9H2,1-2H3. The first kappa shape index (κ1) is 14.0. The molecule has 5 nitrogen and oxygen atoms in total. The summed E-state index contributed by atoms with van der Waals surface area (Å²) in [6.45, 7) is 2.54. The summed E-state index contributed by atoms with van der Waals surface area (Å²) in [5.74, 6) is -0.452. The number of aryl methyl sites for hydroxylation is 1. The lowest BCUT2D eigenvalue weighted by atomic mass is 10.2. The average molecular weight is 265 g/mol. The van der Waals surface area contributed by atoms with Gasteiger partial charge in [0.05, 0.1) is 12.8 Å². The molecule has 2 atom stereocenters. The summed E-state index contributed by atoms with van der Waals surface area (Å²) in [6, 6.07) is 5.48. The van der Waals surface area contributed by atoms with Gasteiger partial charge in [0.25, 0.3) is 0 Å². The van der Waals surface area contributed by atoms with Gasteiger partial charge in [0.2, 0.25) is 0 Å². The summed E-state index contributed by atoms with van der Waals surface area (Å²) >= 11 is 0. The van der Waals surface area contributed by atoms with E-state index in [4.69, 9.17) is 14.2 Å². The van der Waals surface area contributed by atoms with Crippen LogP contribution in [0.2, 0.25) is 0 Å². The summed E-state index contributed by atoms with van der Waals surface area (Å²) in [4.78, 5) is 16.2. The van der Waals surface area contributed by atoms with E-state index >= 15 is 0 Å². The Morgan fingerprint density at radius 3 is 2.95 bits per heavy atom. The third kappa shape index (κ3) is 3.75. The molecular formula is C14H19NO4. The zero-order valence-electron chi connectivity index (χ0n) is 11.3. The van der Waals surface area contributed by atoms with Crippen LogP contribution in [0, 0.1) is 6.92 Å². The molecule has 5 heteroatoms. The molecule has 0 spiro atoms. The molecule has 2 heterocycles. The molecule has 2 unspecified atom stereocenters. The molecule has 0 saturated carbocycles. The van der Waals surface area contributed by atoms with Crippen molar-refractivity contribution in [2.75, 3.05) is 13.7 Å². The highest BCUT2D eigenvalue weighted by Crippen LogP contribution is 2.24. The van der Waals surface area contributed by atoms with Gasteiger partial charge in [0.15, 0.2) is 12.4 Å². The Morgan fingerprint density at radius 2 is 2.32 bits per heavy atom. The fraction of sp³-hybridized carbons (Fsp3) is 0.571. The first-order valence-corrected chi connectivity index (χ1v) is 6.49. The van der Waals surface area contributed by atoms with Crippen LogP contribution in [0.25, 0.3) is 0 Å². The number of hydrogen-bond acceptors (Lipinski definition) is 5. The number of hydrogen-bond donors (Lipinski definition) is 0. The van der Waals surface area contributed by atoms with Gasteiger partial charge >= 0.3 is 5.97 Å². The second-order valence-electron chi connectivity index (χ2n) is 4.54. The number of carbonyl (C=O) groups is 1. The minimum atomic E-state index is -0.826. The first-order valence-electron chi connectivity index (χ1n) is 6.49. The highest BCUT2D eigenvalue weighted by Gasteiger charge is 2.28. The Morgan fingerprint density at radius 1 is 1.47 bits per heavy atom. The van der Waals surface area contributed by atoms with Crippen LogP contribution in [0.1, 0.15) is 36.8 Å². The predicted molar refractivity (Wildman–Crippen MR) is 68.4 cm³/mol. The number of pyridine rings is 1. The number of aromatic nitrogens is 1. The monoisotopic (exact) mass is 265 g/mol. The highest BCUT2D eigenvalue weighted by molar-refractivity contribution is 5.75. The van der Waals surface area contributed by atoms with E-state index in [1.165, 1.54) is 7.11 Å². The largest absolute Gasteiger partial charge is 0.467 e. The van der Waals surface area contributed by atoms with E-state index in [2.05, 4.69) is 4.98 Å². The average Bonchev–Trinajstić information content (AvgIpc) is 2.45. The van der Waals surface area contributed by atoms with E-state index in [1.807, 2.05) is 19.1 Å². The Bertz CT molecular complexity index is 429. The Labute approximate surface area is 112 Å². The van der Waals surface area contributed by atoms with Crippen molar-refractivity contribution in [1.82, 2.24) is 4.98 Å². The molecule has 0 bridgehead atoms. The number of esters is 1. The lowest BCUT2D eigenvalue weighted by molar-refractivity contribution is -0.204. The van der Waals surface area contributed by atoms with Crippen LogP contribution < -0.4 is 0 Å². The van der Waals surface area contributed by atoms with Crippen LogP contribution in [0.3, 0.4) is 0 Å². The van der Waals surface area contributed by atoms with Crippen LogP contribution in [0.4, 0.5) is 0 Å². The van der Waals surface area contributed by atoms with E-state index in [0.29, 0.717) is 12.3 Å². The van der Waals surface area contributed by atoms with E-state index in [1.54, 1.807) is 6.07 Å². The van der Waals surface area contributed by atoms with E-state index in [-0.39, 0.29) is 6.29 Å². The summed E-state index contributed by atoms with van der Waals surface area (Å²) < 4.78 is 16.0. The Hall–Kier alpha value is -1.46. The fourth-order valence-electron chi connectivity index (χ4n) is 2.03. The van der Waals surface area contributed by atoms with Crippen LogP contribution in [0.15, 0.2) is 18.2 Å². The number of rotatable bonds is 4. The lowest BCUT2D eigenvalue weighted by Gasteiger charge is -2.26. The van der Waals surface area contributed by atoms with Gasteiger partial charge in [-0.1, -0.05) is 6.07 Å². The number of methoxy groups -OCH3 is 1. The molecule has 1 aliphatic rings. The third-order valence-electron chi connectivity index (χ3n) is 3.02. The van der Waals surface area contributed by atoms with Crippen LogP contribution in [-0.2, 0) is 19.0 Å². The van der Waals surface area contributed by atoms with Crippen molar-refractivity contribution in [1.29, 1.82) is 0 Å². The molecule has 0 N–H and O–H groups in total. The quantitative estimate of drug-likeness (QED) is 0.781. The zero-order valence-corrected chi connectivity index (χ0v) is 11.3. The molecular weight excluding hydrogens is 246 g/mol. The second kappa shape index (κ2) is 6.63. The Balaban J connectivity index is 2.13. The zero-order chi connectivity index (χ0) is 13.7. The molecule has 1 saturated heterocycles. The van der Waals surface area contributed by atoms with Crippen LogP contribution in [0.5, 0.6) is 0 Å². The summed E-state index contributed by atoms with van der Waals surface area (Å²) in [5, 5.41) is 0. The minimum Gasteiger partial charge on any atom is -0.467 e. The van der Waals surface area contributed by atoms with Crippen molar-refractivity contribution < 1.29 is 19.0 Å². The molecule has 0 aliphatic carbocycles. The molecule has 0 amide bonds. The number of ether oxygens (including phenoxy) is 3. The van der Waals surface area contributed by atoms with Crippen LogP contribution >= 0.6 is 0 Å². The van der Waals surface area contributed by atoms with Crippen molar-refractivity contribution in [3.63, 3.8) is 0 Å². The maximum absolute atomic E-state index is 11.9. The van der Waals surface area contributed by atoms with Crippen molar-refractivity contribution in [3.8, 4) is 0 Å². The molecule has 104 valence electrons. The molecule has 1 fully saturated rings. The van der Waals surface area contributed by atoms with E-state index in [0.717, 1.165) is 25.0 Å². The van der Waals surface area contributed by atoms with Gasteiger partial charge in [-0.15, -0.1) is 0 Å². The topological polar surface area (TPSA) is 57.7 Å². The number of nitrogens with zero attached hydrogens (tertiary/aromatic N) is 1. The Kier molecular flexibility index (Phi) is 4.87. The van der Waals surface area contributed by atoms with Gasteiger partial charge < -0.3 is 14.2 Å². The molecule has 2 rings (SSSR count). The fourth-order valence-corrected chi connectivity index (χ4v) is 2.03. The van der Waals surface area contributed by atoms with Crippen LogP contribution in [-0.4, -0.2) is 31.0 Å². The molecule has 0 radical (unpaired) electrons. The normalized spacial score (nSPS) is 20.8. The molecule has 19 heavy (non-hydrogen) atoms. The molecule has 1 aromatic rings.